The van der Waals surface area contributed by atoms with Gasteiger partial charge < -0.3 is 0 Å². The Morgan fingerprint density at radius 3 is 2.65 bits per heavy atom. The van der Waals surface area contributed by atoms with E-state index in [0.717, 1.165) is 37.2 Å². The molecule has 26 heavy (non-hydrogen) atoms. The molecule has 1 aromatic carbocycles. The van der Waals surface area contributed by atoms with Crippen molar-refractivity contribution in [3.8, 4) is 11.1 Å². The number of hydrogen-bond donors (Lipinski definition) is 0. The van der Waals surface area contributed by atoms with E-state index in [1.54, 1.807) is 11.3 Å². The monoisotopic (exact) mass is 363 g/mol. The number of nitrogens with zero attached hydrogens (tertiary/aromatic N) is 1. The second kappa shape index (κ2) is 8.15. The zero-order chi connectivity index (χ0) is 17.8. The summed E-state index contributed by atoms with van der Waals surface area (Å²) in [5, 5.41) is 4.18. The predicted octanol–water partition coefficient (Wildman–Crippen LogP) is 5.73. The summed E-state index contributed by atoms with van der Waals surface area (Å²) in [6.45, 7) is 3.34. The fraction of sp³-hybridized carbons (Fsp3) is 0.348. The van der Waals surface area contributed by atoms with E-state index >= 15 is 0 Å². The van der Waals surface area contributed by atoms with Gasteiger partial charge in [0.2, 0.25) is 0 Å². The van der Waals surface area contributed by atoms with Crippen molar-refractivity contribution < 1.29 is 4.79 Å². The molecule has 2 aliphatic heterocycles. The number of hydrogen-bond acceptors (Lipinski definition) is 3. The van der Waals surface area contributed by atoms with Crippen molar-refractivity contribution >= 4 is 17.1 Å². The second-order valence-corrected chi connectivity index (χ2v) is 8.12. The fourth-order valence-electron chi connectivity index (χ4n) is 4.00. The van der Waals surface area contributed by atoms with Crippen LogP contribution in [0.2, 0.25) is 0 Å². The van der Waals surface area contributed by atoms with Crippen LogP contribution in [0.4, 0.5) is 0 Å². The summed E-state index contributed by atoms with van der Waals surface area (Å²) >= 11 is 1.68. The number of likely N-dealkylation sites (tertiary alicyclic amines) is 1. The zero-order valence-electron chi connectivity index (χ0n) is 15.1. The number of ketones is 1. The van der Waals surface area contributed by atoms with Gasteiger partial charge in [0.25, 0.3) is 0 Å². The first-order valence-electron chi connectivity index (χ1n) is 9.54. The van der Waals surface area contributed by atoms with Gasteiger partial charge in [0, 0.05) is 18.5 Å². The van der Waals surface area contributed by atoms with E-state index in [0.29, 0.717) is 18.1 Å². The number of piperidine rings is 1. The molecule has 3 aliphatic rings. The molecule has 134 valence electrons. The van der Waals surface area contributed by atoms with Gasteiger partial charge in [-0.3, -0.25) is 9.69 Å². The molecule has 3 heteroatoms. The molecule has 0 aromatic heterocycles. The summed E-state index contributed by atoms with van der Waals surface area (Å²) in [5.74, 6) is 0.998. The highest BCUT2D eigenvalue weighted by Gasteiger charge is 2.21. The Balaban J connectivity index is 1.25. The summed E-state index contributed by atoms with van der Waals surface area (Å²) in [6, 6.07) is 16.9. The fourth-order valence-corrected chi connectivity index (χ4v) is 4.65. The summed E-state index contributed by atoms with van der Waals surface area (Å²) in [7, 11) is 0. The number of benzene rings is 1. The number of carbonyl (C=O) groups is 1. The van der Waals surface area contributed by atoms with E-state index in [4.69, 9.17) is 0 Å². The van der Waals surface area contributed by atoms with E-state index in [1.165, 1.54) is 24.0 Å². The maximum atomic E-state index is 12.7. The molecule has 0 N–H and O–H groups in total. The Morgan fingerprint density at radius 2 is 1.85 bits per heavy atom. The molecule has 1 fully saturated rings. The van der Waals surface area contributed by atoms with Crippen LogP contribution in [0, 0.1) is 5.92 Å². The smallest absolute Gasteiger partial charge is 0.163 e. The lowest BCUT2D eigenvalue weighted by Crippen LogP contribution is -2.33. The first kappa shape index (κ1) is 17.4. The van der Waals surface area contributed by atoms with Gasteiger partial charge in [-0.15, -0.1) is 0 Å². The second-order valence-electron chi connectivity index (χ2n) is 7.34. The van der Waals surface area contributed by atoms with Crippen LogP contribution >= 0.6 is 11.3 Å². The molecule has 0 radical (unpaired) electrons. The van der Waals surface area contributed by atoms with E-state index in [2.05, 4.69) is 58.1 Å². The molecule has 1 saturated heterocycles. The minimum absolute atomic E-state index is 0.308. The largest absolute Gasteiger partial charge is 0.299 e. The highest BCUT2D eigenvalue weighted by molar-refractivity contribution is 7.07. The molecule has 2 nitrogen and oxygen atoms in total. The van der Waals surface area contributed by atoms with Crippen LogP contribution in [0.3, 0.4) is 0 Å². The van der Waals surface area contributed by atoms with Crippen molar-refractivity contribution in [2.45, 2.75) is 32.2 Å². The molecule has 0 atom stereocenters. The minimum atomic E-state index is 0.308. The van der Waals surface area contributed by atoms with Crippen molar-refractivity contribution in [1.29, 1.82) is 0 Å². The minimum Gasteiger partial charge on any atom is -0.299 e. The quantitative estimate of drug-likeness (QED) is 0.521. The zero-order valence-corrected chi connectivity index (χ0v) is 15.9. The molecule has 1 aromatic rings. The van der Waals surface area contributed by atoms with E-state index in [-0.39, 0.29) is 0 Å². The third-order valence-electron chi connectivity index (χ3n) is 5.58. The first-order valence-corrected chi connectivity index (χ1v) is 10.5. The highest BCUT2D eigenvalue weighted by Crippen LogP contribution is 2.31. The van der Waals surface area contributed by atoms with Crippen LogP contribution in [0.25, 0.3) is 11.1 Å². The van der Waals surface area contributed by atoms with Crippen LogP contribution in [0.1, 0.15) is 41.6 Å². The number of carbonyl (C=O) groups excluding carboxylic acids is 1. The lowest BCUT2D eigenvalue weighted by molar-refractivity contribution is 0.0962. The Kier molecular flexibility index (Phi) is 5.47. The summed E-state index contributed by atoms with van der Waals surface area (Å²) < 4.78 is 0. The average molecular weight is 364 g/mol. The van der Waals surface area contributed by atoms with Crippen LogP contribution in [-0.4, -0.2) is 23.8 Å². The third kappa shape index (κ3) is 4.05. The molecule has 2 heterocycles. The molecule has 4 rings (SSSR count). The van der Waals surface area contributed by atoms with Crippen LogP contribution in [-0.2, 0) is 6.54 Å². The molecular weight excluding hydrogens is 338 g/mol. The van der Waals surface area contributed by atoms with Gasteiger partial charge in [0.1, 0.15) is 0 Å². The van der Waals surface area contributed by atoms with Crippen LogP contribution in [0.5, 0.6) is 0 Å². The molecule has 0 saturated carbocycles. The van der Waals surface area contributed by atoms with Gasteiger partial charge >= 0.3 is 0 Å². The lowest BCUT2D eigenvalue weighted by atomic mass is 9.90. The first-order chi connectivity index (χ1) is 12.8. The molecule has 0 amide bonds. The average Bonchev–Trinajstić information content (AvgIpc) is 3.12. The van der Waals surface area contributed by atoms with Crippen molar-refractivity contribution in [1.82, 2.24) is 4.90 Å². The standard InChI is InChI=1S/C23H25NOS/c25-23(22-8-7-20-17-26-15-12-21(20)22)9-6-18-10-13-24(14-11-18)16-19-4-2-1-3-5-19/h1-5,7-8,12,15,17-18H,6,9-11,13-14,16H2. The van der Waals surface area contributed by atoms with Crippen LogP contribution in [0.15, 0.2) is 59.3 Å². The summed E-state index contributed by atoms with van der Waals surface area (Å²) in [6.07, 6.45) is 4.13. The Morgan fingerprint density at radius 1 is 1.04 bits per heavy atom. The van der Waals surface area contributed by atoms with Gasteiger partial charge in [-0.05, 0) is 71.8 Å². The van der Waals surface area contributed by atoms with E-state index < -0.39 is 0 Å². The van der Waals surface area contributed by atoms with Crippen molar-refractivity contribution in [2.24, 2.45) is 5.92 Å². The number of rotatable bonds is 6. The third-order valence-corrected chi connectivity index (χ3v) is 6.26. The molecule has 0 unspecified atom stereocenters. The van der Waals surface area contributed by atoms with Crippen molar-refractivity contribution in [3.63, 3.8) is 0 Å². The topological polar surface area (TPSA) is 20.3 Å². The van der Waals surface area contributed by atoms with Gasteiger partial charge in [-0.1, -0.05) is 42.5 Å². The SMILES string of the molecule is O=C(CCC1CCN(Cc2ccccc2)CC1)c1ccc2csccc1-2. The summed E-state index contributed by atoms with van der Waals surface area (Å²) in [5.41, 5.74) is 4.61. The van der Waals surface area contributed by atoms with Crippen molar-refractivity contribution in [2.75, 3.05) is 13.1 Å². The lowest BCUT2D eigenvalue weighted by Gasteiger charge is -2.32. The normalized spacial score (nSPS) is 16.2. The molecule has 0 bridgehead atoms. The number of Topliss-reactive ketones (excluding diaryl/α,β-unsaturated/α-hetero) is 1. The molecular formula is C23H25NOS. The predicted molar refractivity (Wildman–Crippen MR) is 109 cm³/mol. The van der Waals surface area contributed by atoms with Crippen molar-refractivity contribution in [3.05, 3.63) is 70.4 Å². The van der Waals surface area contributed by atoms with E-state index in [9.17, 15) is 4.79 Å². The maximum absolute atomic E-state index is 12.7. The van der Waals surface area contributed by atoms with Gasteiger partial charge in [-0.2, -0.15) is 11.3 Å². The highest BCUT2D eigenvalue weighted by atomic mass is 32.1. The van der Waals surface area contributed by atoms with Gasteiger partial charge in [0.15, 0.2) is 5.78 Å². The Bertz CT molecular complexity index is 817. The Hall–Kier alpha value is -1.97. The number of fused-ring (bicyclic) bond motifs is 1. The Labute approximate surface area is 159 Å². The van der Waals surface area contributed by atoms with Gasteiger partial charge in [0.05, 0.1) is 0 Å². The summed E-state index contributed by atoms with van der Waals surface area (Å²) in [4.78, 5) is 15.2. The van der Waals surface area contributed by atoms with Gasteiger partial charge in [-0.25, -0.2) is 0 Å². The maximum Gasteiger partial charge on any atom is 0.163 e. The van der Waals surface area contributed by atoms with Crippen LogP contribution < -0.4 is 0 Å². The van der Waals surface area contributed by atoms with E-state index in [1.807, 2.05) is 6.07 Å². The molecule has 0 spiro atoms. The molecule has 1 aliphatic carbocycles.